The zero-order valence-electron chi connectivity index (χ0n) is 16.7. The van der Waals surface area contributed by atoms with E-state index in [2.05, 4.69) is 0 Å². The summed E-state index contributed by atoms with van der Waals surface area (Å²) in [6, 6.07) is 20.9. The summed E-state index contributed by atoms with van der Waals surface area (Å²) in [7, 11) is -3.95. The number of ketones is 1. The van der Waals surface area contributed by atoms with Crippen LogP contribution in [0.1, 0.15) is 22.8 Å². The molecule has 0 N–H and O–H groups in total. The van der Waals surface area contributed by atoms with Crippen LogP contribution in [-0.2, 0) is 9.84 Å². The molecule has 1 aliphatic heterocycles. The van der Waals surface area contributed by atoms with E-state index < -0.39 is 15.6 Å². The van der Waals surface area contributed by atoms with Gasteiger partial charge >= 0.3 is 0 Å². The molecular formula is C24H21NO4S. The van der Waals surface area contributed by atoms with Crippen LogP contribution in [0.2, 0.25) is 0 Å². The number of fused-ring (bicyclic) bond motifs is 1. The maximum atomic E-state index is 13.3. The number of para-hydroxylation sites is 1. The predicted octanol–water partition coefficient (Wildman–Crippen LogP) is 5.04. The first-order chi connectivity index (χ1) is 14.4. The first-order valence-corrected chi connectivity index (χ1v) is 11.1. The minimum absolute atomic E-state index is 0.108. The van der Waals surface area contributed by atoms with Crippen LogP contribution in [-0.4, -0.2) is 20.8 Å². The summed E-state index contributed by atoms with van der Waals surface area (Å²) >= 11 is 0. The Morgan fingerprint density at radius 3 is 2.27 bits per heavy atom. The Bertz CT molecular complexity index is 1230. The number of hydrogen-bond donors (Lipinski definition) is 0. The summed E-state index contributed by atoms with van der Waals surface area (Å²) < 4.78 is 32.0. The van der Waals surface area contributed by atoms with E-state index in [1.54, 1.807) is 47.4 Å². The number of carbonyl (C=O) groups is 1. The molecule has 1 aliphatic rings. The number of benzene rings is 3. The fourth-order valence-corrected chi connectivity index (χ4v) is 4.91. The Balaban J connectivity index is 1.85. The van der Waals surface area contributed by atoms with Crippen molar-refractivity contribution in [2.75, 3.05) is 11.5 Å². The third-order valence-electron chi connectivity index (χ3n) is 4.91. The van der Waals surface area contributed by atoms with Crippen LogP contribution >= 0.6 is 0 Å². The van der Waals surface area contributed by atoms with Crippen LogP contribution in [0.15, 0.2) is 88.8 Å². The van der Waals surface area contributed by atoms with Crippen LogP contribution < -0.4 is 9.64 Å². The smallest absolute Gasteiger partial charge is 0.214 e. The third kappa shape index (κ3) is 3.50. The lowest BCUT2D eigenvalue weighted by Gasteiger charge is -2.29. The lowest BCUT2D eigenvalue weighted by atomic mass is 10.1. The average molecular weight is 420 g/mol. The van der Waals surface area contributed by atoms with Gasteiger partial charge in [0.1, 0.15) is 10.7 Å². The van der Waals surface area contributed by atoms with Gasteiger partial charge in [-0.2, -0.15) is 0 Å². The number of rotatable bonds is 5. The molecule has 0 spiro atoms. The van der Waals surface area contributed by atoms with Crippen molar-refractivity contribution in [1.82, 2.24) is 0 Å². The highest BCUT2D eigenvalue weighted by atomic mass is 32.2. The SMILES string of the molecule is CCOc1ccc(N2C=C(C(=O)c3ccc(C)cc3)S(=O)(=O)c3ccccc32)cc1. The van der Waals surface area contributed by atoms with Crippen LogP contribution in [0, 0.1) is 6.92 Å². The summed E-state index contributed by atoms with van der Waals surface area (Å²) in [6.45, 7) is 4.37. The molecule has 0 bridgehead atoms. The van der Waals surface area contributed by atoms with Gasteiger partial charge in [0.15, 0.2) is 0 Å². The van der Waals surface area contributed by atoms with Gasteiger partial charge in [0.05, 0.1) is 17.2 Å². The Kier molecular flexibility index (Phi) is 5.18. The average Bonchev–Trinajstić information content (AvgIpc) is 2.75. The van der Waals surface area contributed by atoms with Crippen LogP contribution in [0.25, 0.3) is 0 Å². The Labute approximate surface area is 176 Å². The molecule has 6 heteroatoms. The molecule has 0 saturated heterocycles. The number of nitrogens with zero attached hydrogens (tertiary/aromatic N) is 1. The molecule has 0 fully saturated rings. The molecule has 0 unspecified atom stereocenters. The van der Waals surface area contributed by atoms with Gasteiger partial charge in [0, 0.05) is 17.5 Å². The fourth-order valence-electron chi connectivity index (χ4n) is 3.37. The quantitative estimate of drug-likeness (QED) is 0.542. The van der Waals surface area contributed by atoms with E-state index in [0.29, 0.717) is 17.9 Å². The number of hydrogen-bond acceptors (Lipinski definition) is 5. The van der Waals surface area contributed by atoms with Crippen molar-refractivity contribution in [2.24, 2.45) is 0 Å². The van der Waals surface area contributed by atoms with E-state index in [9.17, 15) is 13.2 Å². The number of allylic oxidation sites excluding steroid dienone is 1. The third-order valence-corrected chi connectivity index (χ3v) is 6.71. The molecule has 30 heavy (non-hydrogen) atoms. The van der Waals surface area contributed by atoms with E-state index in [0.717, 1.165) is 17.0 Å². The van der Waals surface area contributed by atoms with Gasteiger partial charge in [0.2, 0.25) is 15.6 Å². The van der Waals surface area contributed by atoms with Crippen LogP contribution in [0.4, 0.5) is 11.4 Å². The molecule has 4 rings (SSSR count). The number of carbonyl (C=O) groups excluding carboxylic acids is 1. The molecule has 0 saturated carbocycles. The Hall–Kier alpha value is -3.38. The molecule has 0 aliphatic carbocycles. The Morgan fingerprint density at radius 2 is 1.60 bits per heavy atom. The molecule has 0 radical (unpaired) electrons. The maximum Gasteiger partial charge on any atom is 0.214 e. The maximum absolute atomic E-state index is 13.3. The van der Waals surface area contributed by atoms with Gasteiger partial charge in [0.25, 0.3) is 0 Å². The molecule has 1 heterocycles. The zero-order valence-corrected chi connectivity index (χ0v) is 17.5. The largest absolute Gasteiger partial charge is 0.494 e. The second-order valence-electron chi connectivity index (χ2n) is 6.96. The van der Waals surface area contributed by atoms with E-state index in [1.165, 1.54) is 12.3 Å². The summed E-state index contributed by atoms with van der Waals surface area (Å²) in [5, 5.41) is 0. The monoisotopic (exact) mass is 419 g/mol. The molecule has 5 nitrogen and oxygen atoms in total. The number of Topliss-reactive ketones (excluding diaryl/α,β-unsaturated/α-hetero) is 1. The van der Waals surface area contributed by atoms with Crippen LogP contribution in [0.5, 0.6) is 5.75 Å². The van der Waals surface area contributed by atoms with Crippen molar-refractivity contribution in [3.8, 4) is 5.75 Å². The highest BCUT2D eigenvalue weighted by Crippen LogP contribution is 2.40. The molecule has 3 aromatic rings. The van der Waals surface area contributed by atoms with E-state index in [4.69, 9.17) is 4.74 Å². The van der Waals surface area contributed by atoms with Gasteiger partial charge < -0.3 is 9.64 Å². The van der Waals surface area contributed by atoms with Crippen molar-refractivity contribution >= 4 is 27.0 Å². The standard InChI is InChI=1S/C24H21NO4S/c1-3-29-20-14-12-19(13-15-20)25-16-23(24(26)18-10-8-17(2)9-11-18)30(27,28)22-7-5-4-6-21(22)25/h4-16H,3H2,1-2H3. The van der Waals surface area contributed by atoms with Crippen molar-refractivity contribution in [3.63, 3.8) is 0 Å². The summed E-state index contributed by atoms with van der Waals surface area (Å²) in [5.41, 5.74) is 2.56. The van der Waals surface area contributed by atoms with Crippen molar-refractivity contribution in [1.29, 1.82) is 0 Å². The lowest BCUT2D eigenvalue weighted by Crippen LogP contribution is -2.25. The number of aryl methyl sites for hydroxylation is 1. The summed E-state index contributed by atoms with van der Waals surface area (Å²) in [6.07, 6.45) is 1.41. The normalized spacial score (nSPS) is 14.6. The number of ether oxygens (including phenoxy) is 1. The molecule has 0 aromatic heterocycles. The minimum Gasteiger partial charge on any atom is -0.494 e. The number of sulfone groups is 1. The van der Waals surface area contributed by atoms with Gasteiger partial charge in [-0.25, -0.2) is 8.42 Å². The minimum atomic E-state index is -3.95. The summed E-state index contributed by atoms with van der Waals surface area (Å²) in [4.78, 5) is 14.7. The molecular weight excluding hydrogens is 398 g/mol. The molecule has 3 aromatic carbocycles. The topological polar surface area (TPSA) is 63.7 Å². The van der Waals surface area contributed by atoms with E-state index in [1.807, 2.05) is 38.1 Å². The molecule has 0 atom stereocenters. The van der Waals surface area contributed by atoms with Crippen molar-refractivity contribution < 1.29 is 17.9 Å². The first kappa shape index (κ1) is 19.9. The zero-order chi connectivity index (χ0) is 21.3. The molecule has 0 amide bonds. The molecule has 152 valence electrons. The fraction of sp³-hybridized carbons (Fsp3) is 0.125. The Morgan fingerprint density at radius 1 is 0.933 bits per heavy atom. The predicted molar refractivity (Wildman–Crippen MR) is 117 cm³/mol. The van der Waals surface area contributed by atoms with Crippen LogP contribution in [0.3, 0.4) is 0 Å². The van der Waals surface area contributed by atoms with Gasteiger partial charge in [-0.1, -0.05) is 42.0 Å². The van der Waals surface area contributed by atoms with E-state index >= 15 is 0 Å². The van der Waals surface area contributed by atoms with E-state index in [-0.39, 0.29) is 9.80 Å². The lowest BCUT2D eigenvalue weighted by molar-refractivity contribution is 0.104. The highest BCUT2D eigenvalue weighted by molar-refractivity contribution is 7.96. The van der Waals surface area contributed by atoms with Crippen molar-refractivity contribution in [2.45, 2.75) is 18.7 Å². The first-order valence-electron chi connectivity index (χ1n) is 9.61. The number of anilines is 2. The second-order valence-corrected chi connectivity index (χ2v) is 8.84. The summed E-state index contributed by atoms with van der Waals surface area (Å²) in [5.74, 6) is 0.194. The highest BCUT2D eigenvalue weighted by Gasteiger charge is 2.35. The second kappa shape index (κ2) is 7.80. The van der Waals surface area contributed by atoms with Gasteiger partial charge in [-0.3, -0.25) is 4.79 Å². The van der Waals surface area contributed by atoms with Gasteiger partial charge in [-0.15, -0.1) is 0 Å². The van der Waals surface area contributed by atoms with Crippen molar-refractivity contribution in [3.05, 3.63) is 95.0 Å². The van der Waals surface area contributed by atoms with Gasteiger partial charge in [-0.05, 0) is 50.2 Å².